The van der Waals surface area contributed by atoms with Crippen molar-refractivity contribution < 1.29 is 39.3 Å². The number of amides is 3. The zero-order valence-electron chi connectivity index (χ0n) is 16.5. The Labute approximate surface area is 186 Å². The highest BCUT2D eigenvalue weighted by Crippen LogP contribution is 2.10. The number of halogens is 1. The number of hydrogen-bond donors (Lipinski definition) is 6. The van der Waals surface area contributed by atoms with Gasteiger partial charge in [0.1, 0.15) is 12.1 Å². The van der Waals surface area contributed by atoms with Crippen molar-refractivity contribution in [2.45, 2.75) is 44.2 Å². The van der Waals surface area contributed by atoms with Crippen LogP contribution in [0.3, 0.4) is 0 Å². The molecule has 0 saturated carbocycles. The zero-order chi connectivity index (χ0) is 23.4. The Hall–Kier alpha value is -3.15. The Bertz CT molecular complexity index is 800. The van der Waals surface area contributed by atoms with E-state index in [1.165, 1.54) is 0 Å². The third-order valence-corrected chi connectivity index (χ3v) is 4.69. The lowest BCUT2D eigenvalue weighted by molar-refractivity contribution is -0.140. The Morgan fingerprint density at radius 2 is 1.39 bits per heavy atom. The van der Waals surface area contributed by atoms with Gasteiger partial charge in [-0.2, -0.15) is 0 Å². The van der Waals surface area contributed by atoms with E-state index in [1.54, 1.807) is 24.3 Å². The normalized spacial score (nSPS) is 12.3. The van der Waals surface area contributed by atoms with Crippen LogP contribution in [0.5, 0.6) is 0 Å². The molecule has 1 aromatic carbocycles. The van der Waals surface area contributed by atoms with Gasteiger partial charge in [-0.1, -0.05) is 15.9 Å². The van der Waals surface area contributed by atoms with E-state index >= 15 is 0 Å². The van der Waals surface area contributed by atoms with Gasteiger partial charge < -0.3 is 31.3 Å². The van der Waals surface area contributed by atoms with Crippen LogP contribution in [0.1, 0.15) is 42.5 Å². The fourth-order valence-electron chi connectivity index (χ4n) is 2.52. The summed E-state index contributed by atoms with van der Waals surface area (Å²) in [6, 6.07) is 3.04. The minimum Gasteiger partial charge on any atom is -0.481 e. The van der Waals surface area contributed by atoms with Crippen molar-refractivity contribution in [3.8, 4) is 0 Å². The number of carbonyl (C=O) groups excluding carboxylic acids is 2. The molecule has 0 saturated heterocycles. The number of urea groups is 1. The van der Waals surface area contributed by atoms with Crippen molar-refractivity contribution in [1.29, 1.82) is 0 Å². The highest BCUT2D eigenvalue weighted by molar-refractivity contribution is 9.10. The first-order valence-electron chi connectivity index (χ1n) is 9.38. The number of nitrogens with one attached hydrogen (secondary N) is 3. The Balaban J connectivity index is 2.41. The molecule has 12 heteroatoms. The van der Waals surface area contributed by atoms with Crippen LogP contribution in [-0.2, 0) is 14.4 Å². The molecule has 0 bridgehead atoms. The maximum Gasteiger partial charge on any atom is 0.326 e. The molecule has 0 spiro atoms. The first-order valence-corrected chi connectivity index (χ1v) is 10.2. The third-order valence-electron chi connectivity index (χ3n) is 4.17. The Morgan fingerprint density at radius 3 is 1.90 bits per heavy atom. The maximum atomic E-state index is 12.0. The fourth-order valence-corrected chi connectivity index (χ4v) is 2.78. The molecule has 2 atom stereocenters. The topological polar surface area (TPSA) is 182 Å². The minimum atomic E-state index is -1.46. The van der Waals surface area contributed by atoms with Gasteiger partial charge in [-0.3, -0.25) is 9.59 Å². The van der Waals surface area contributed by atoms with E-state index in [4.69, 9.17) is 10.2 Å². The van der Waals surface area contributed by atoms with Gasteiger partial charge in [-0.25, -0.2) is 14.4 Å². The third kappa shape index (κ3) is 10.4. The first-order chi connectivity index (χ1) is 14.6. The summed E-state index contributed by atoms with van der Waals surface area (Å²) in [5.74, 6) is -4.21. The van der Waals surface area contributed by atoms with Crippen molar-refractivity contribution in [3.05, 3.63) is 34.3 Å². The van der Waals surface area contributed by atoms with Gasteiger partial charge in [-0.15, -0.1) is 0 Å². The van der Waals surface area contributed by atoms with E-state index < -0.39 is 42.4 Å². The van der Waals surface area contributed by atoms with Crippen LogP contribution in [0.15, 0.2) is 28.7 Å². The van der Waals surface area contributed by atoms with Crippen LogP contribution in [0, 0.1) is 0 Å². The minimum absolute atomic E-state index is 0.0593. The van der Waals surface area contributed by atoms with Crippen LogP contribution < -0.4 is 16.0 Å². The number of unbranched alkanes of at least 4 members (excludes halogenated alkanes) is 1. The van der Waals surface area contributed by atoms with Crippen LogP contribution in [-0.4, -0.2) is 63.8 Å². The van der Waals surface area contributed by atoms with E-state index in [1.807, 2.05) is 0 Å². The monoisotopic (exact) mass is 501 g/mol. The second-order valence-electron chi connectivity index (χ2n) is 6.59. The van der Waals surface area contributed by atoms with Gasteiger partial charge >= 0.3 is 23.9 Å². The number of aliphatic carboxylic acids is 3. The average molecular weight is 502 g/mol. The average Bonchev–Trinajstić information content (AvgIpc) is 2.69. The van der Waals surface area contributed by atoms with Crippen LogP contribution in [0.4, 0.5) is 4.79 Å². The molecule has 170 valence electrons. The molecule has 11 nitrogen and oxygen atoms in total. The highest BCUT2D eigenvalue weighted by atomic mass is 79.9. The number of carboxylic acids is 3. The number of benzene rings is 1. The predicted octanol–water partition coefficient (Wildman–Crippen LogP) is 1.42. The molecule has 1 rings (SSSR count). The van der Waals surface area contributed by atoms with Crippen molar-refractivity contribution in [1.82, 2.24) is 16.0 Å². The molecule has 0 aliphatic carbocycles. The number of carbonyl (C=O) groups is 5. The standard InChI is InChI=1S/C19H24BrN3O8/c20-12-6-4-11(5-7-12)16(26)21-10-2-1-3-13(17(27)28)22-19(31)23-14(18(29)30)8-9-15(24)25/h4-7,13-14H,1-3,8-10H2,(H,21,26)(H,24,25)(H,27,28)(H,29,30)(H2,22,23,31)/t13-,14-/m0/s1. The molecule has 1 aromatic rings. The van der Waals surface area contributed by atoms with Gasteiger partial charge in [0.15, 0.2) is 0 Å². The summed E-state index contributed by atoms with van der Waals surface area (Å²) in [5.41, 5.74) is 0.487. The second kappa shape index (κ2) is 13.2. The Kier molecular flexibility index (Phi) is 11.0. The van der Waals surface area contributed by atoms with E-state index in [-0.39, 0.29) is 18.7 Å². The van der Waals surface area contributed by atoms with Crippen LogP contribution in [0.2, 0.25) is 0 Å². The predicted molar refractivity (Wildman–Crippen MR) is 112 cm³/mol. The van der Waals surface area contributed by atoms with Crippen molar-refractivity contribution in [3.63, 3.8) is 0 Å². The van der Waals surface area contributed by atoms with Crippen molar-refractivity contribution >= 4 is 45.8 Å². The molecule has 6 N–H and O–H groups in total. The summed E-state index contributed by atoms with van der Waals surface area (Å²) in [7, 11) is 0. The largest absolute Gasteiger partial charge is 0.481 e. The number of carboxylic acid groups (broad SMARTS) is 3. The molecule has 31 heavy (non-hydrogen) atoms. The molecule has 3 amide bonds. The van der Waals surface area contributed by atoms with Gasteiger partial charge in [0, 0.05) is 23.0 Å². The SMILES string of the molecule is O=C(O)CC[C@H](NC(=O)N[C@@H](CCCCNC(=O)c1ccc(Br)cc1)C(=O)O)C(=O)O. The van der Waals surface area contributed by atoms with Crippen LogP contribution >= 0.6 is 15.9 Å². The maximum absolute atomic E-state index is 12.0. The summed E-state index contributed by atoms with van der Waals surface area (Å²) < 4.78 is 0.844. The first kappa shape index (κ1) is 25.9. The summed E-state index contributed by atoms with van der Waals surface area (Å²) in [6.07, 6.45) is 0.0915. The molecular weight excluding hydrogens is 478 g/mol. The molecule has 0 heterocycles. The van der Waals surface area contributed by atoms with E-state index in [9.17, 15) is 29.1 Å². The van der Waals surface area contributed by atoms with Gasteiger partial charge in [-0.05, 0) is 49.9 Å². The van der Waals surface area contributed by atoms with Gasteiger partial charge in [0.05, 0.1) is 0 Å². The van der Waals surface area contributed by atoms with E-state index in [0.717, 1.165) is 4.47 Å². The highest BCUT2D eigenvalue weighted by Gasteiger charge is 2.24. The lowest BCUT2D eigenvalue weighted by Crippen LogP contribution is -2.51. The number of hydrogen-bond acceptors (Lipinski definition) is 5. The smallest absolute Gasteiger partial charge is 0.326 e. The molecule has 0 aliphatic heterocycles. The molecule has 0 radical (unpaired) electrons. The lowest BCUT2D eigenvalue weighted by Gasteiger charge is -2.18. The lowest BCUT2D eigenvalue weighted by atomic mass is 10.1. The van der Waals surface area contributed by atoms with Gasteiger partial charge in [0.2, 0.25) is 0 Å². The Morgan fingerprint density at radius 1 is 0.839 bits per heavy atom. The summed E-state index contributed by atoms with van der Waals surface area (Å²) in [4.78, 5) is 56.9. The molecule has 0 aliphatic rings. The number of rotatable bonds is 13. The van der Waals surface area contributed by atoms with Gasteiger partial charge in [0.25, 0.3) is 5.91 Å². The second-order valence-corrected chi connectivity index (χ2v) is 7.51. The van der Waals surface area contributed by atoms with E-state index in [0.29, 0.717) is 24.9 Å². The van der Waals surface area contributed by atoms with Crippen LogP contribution in [0.25, 0.3) is 0 Å². The fraction of sp³-hybridized carbons (Fsp3) is 0.421. The summed E-state index contributed by atoms with van der Waals surface area (Å²) >= 11 is 3.28. The summed E-state index contributed by atoms with van der Waals surface area (Å²) in [5, 5.41) is 33.8. The van der Waals surface area contributed by atoms with Crippen molar-refractivity contribution in [2.75, 3.05) is 6.54 Å². The quantitative estimate of drug-likeness (QED) is 0.219. The molecule has 0 unspecified atom stereocenters. The zero-order valence-corrected chi connectivity index (χ0v) is 18.1. The van der Waals surface area contributed by atoms with E-state index in [2.05, 4.69) is 31.9 Å². The molecule has 0 fully saturated rings. The van der Waals surface area contributed by atoms with Crippen molar-refractivity contribution in [2.24, 2.45) is 0 Å². The molecule has 0 aromatic heterocycles. The molecular formula is C19H24BrN3O8. The summed E-state index contributed by atoms with van der Waals surface area (Å²) in [6.45, 7) is 0.309.